The quantitative estimate of drug-likeness (QED) is 0.676. The van der Waals surface area contributed by atoms with Crippen LogP contribution >= 0.6 is 0 Å². The first kappa shape index (κ1) is 13.9. The zero-order chi connectivity index (χ0) is 11.6. The fourth-order valence-corrected chi connectivity index (χ4v) is 3.00. The highest BCUT2D eigenvalue weighted by atomic mass is 28.4. The maximum absolute atomic E-state index is 13.6. The highest BCUT2D eigenvalue weighted by Crippen LogP contribution is 2.40. The van der Waals surface area contributed by atoms with Gasteiger partial charge in [-0.25, -0.2) is 4.39 Å². The van der Waals surface area contributed by atoms with E-state index >= 15 is 0 Å². The molecule has 0 atom stereocenters. The van der Waals surface area contributed by atoms with Crippen LogP contribution in [0, 0.1) is 0 Å². The average molecular weight is 232 g/mol. The van der Waals surface area contributed by atoms with Crippen molar-refractivity contribution in [2.75, 3.05) is 21.3 Å². The van der Waals surface area contributed by atoms with Gasteiger partial charge in [-0.2, -0.15) is 8.78 Å². The van der Waals surface area contributed by atoms with E-state index in [0.717, 1.165) is 35.2 Å². The largest absolute Gasteiger partial charge is 0.577 e. The van der Waals surface area contributed by atoms with Gasteiger partial charge in [0.25, 0.3) is 0 Å². The number of hydrogen-bond acceptors (Lipinski definition) is 3. The van der Waals surface area contributed by atoms with E-state index in [1.807, 2.05) is 0 Å². The monoisotopic (exact) mass is 232 g/mol. The Morgan fingerprint density at radius 2 is 1.14 bits per heavy atom. The van der Waals surface area contributed by atoms with Gasteiger partial charge < -0.3 is 13.3 Å². The van der Waals surface area contributed by atoms with Gasteiger partial charge in [0.05, 0.1) is 0 Å². The molecule has 0 radical (unpaired) electrons. The highest BCUT2D eigenvalue weighted by molar-refractivity contribution is 6.63. The maximum atomic E-state index is 13.6. The summed E-state index contributed by atoms with van der Waals surface area (Å²) >= 11 is 0. The number of alkyl halides is 3. The van der Waals surface area contributed by atoms with E-state index in [1.165, 1.54) is 0 Å². The SMILES string of the molecule is CO[Si](OC)(OC)C(F)(F)C(C)(C)F. The standard InChI is InChI=1S/C7H15F3O3Si/c1-6(2,8)7(9,10)14(11-3,12-4)13-5/h1-5H3. The Morgan fingerprint density at radius 1 is 0.857 bits per heavy atom. The fourth-order valence-electron chi connectivity index (χ4n) is 0.999. The molecule has 0 aliphatic heterocycles. The summed E-state index contributed by atoms with van der Waals surface area (Å²) < 4.78 is 54.0. The van der Waals surface area contributed by atoms with Crippen LogP contribution in [0.2, 0.25) is 0 Å². The Labute approximate surface area is 82.5 Å². The number of hydrogen-bond donors (Lipinski definition) is 0. The second-order valence-corrected chi connectivity index (χ2v) is 6.18. The van der Waals surface area contributed by atoms with Crippen molar-refractivity contribution in [3.63, 3.8) is 0 Å². The number of rotatable bonds is 5. The molecule has 0 bridgehead atoms. The zero-order valence-electron chi connectivity index (χ0n) is 8.86. The smallest absolute Gasteiger partial charge is 0.373 e. The Balaban J connectivity index is 5.19. The van der Waals surface area contributed by atoms with Crippen LogP contribution in [0.4, 0.5) is 13.2 Å². The highest BCUT2D eigenvalue weighted by Gasteiger charge is 2.71. The van der Waals surface area contributed by atoms with E-state index in [0.29, 0.717) is 0 Å². The van der Waals surface area contributed by atoms with Gasteiger partial charge >= 0.3 is 14.4 Å². The molecule has 14 heavy (non-hydrogen) atoms. The molecule has 0 aliphatic carbocycles. The predicted octanol–water partition coefficient (Wildman–Crippen LogP) is 1.79. The molecule has 3 nitrogen and oxygen atoms in total. The van der Waals surface area contributed by atoms with Crippen molar-refractivity contribution in [2.24, 2.45) is 0 Å². The molecule has 0 heterocycles. The second kappa shape index (κ2) is 4.17. The predicted molar refractivity (Wildman–Crippen MR) is 46.9 cm³/mol. The minimum atomic E-state index is -4.29. The normalized spacial score (nSPS) is 14.6. The van der Waals surface area contributed by atoms with Crippen LogP contribution in [0.5, 0.6) is 0 Å². The molecule has 86 valence electrons. The van der Waals surface area contributed by atoms with Crippen molar-refractivity contribution in [3.05, 3.63) is 0 Å². The Kier molecular flexibility index (Phi) is 4.14. The van der Waals surface area contributed by atoms with Crippen LogP contribution in [0.3, 0.4) is 0 Å². The van der Waals surface area contributed by atoms with Gasteiger partial charge in [0.1, 0.15) is 0 Å². The van der Waals surface area contributed by atoms with Crippen LogP contribution in [-0.4, -0.2) is 41.3 Å². The van der Waals surface area contributed by atoms with Gasteiger partial charge in [-0.05, 0) is 13.8 Å². The first-order valence-electron chi connectivity index (χ1n) is 3.90. The van der Waals surface area contributed by atoms with Gasteiger partial charge in [-0.1, -0.05) is 0 Å². The van der Waals surface area contributed by atoms with Crippen molar-refractivity contribution in [1.82, 2.24) is 0 Å². The molecular formula is C7H15F3O3Si. The topological polar surface area (TPSA) is 27.7 Å². The lowest BCUT2D eigenvalue weighted by atomic mass is 10.2. The van der Waals surface area contributed by atoms with E-state index in [1.54, 1.807) is 0 Å². The molecule has 0 spiro atoms. The summed E-state index contributed by atoms with van der Waals surface area (Å²) in [6, 6.07) is 0. The summed E-state index contributed by atoms with van der Waals surface area (Å²) in [6.45, 7) is 1.51. The van der Waals surface area contributed by atoms with Crippen LogP contribution in [0.15, 0.2) is 0 Å². The average Bonchev–Trinajstić information content (AvgIpc) is 2.06. The molecule has 0 rings (SSSR count). The summed E-state index contributed by atoms with van der Waals surface area (Å²) in [4.78, 5) is 0. The Morgan fingerprint density at radius 3 is 1.21 bits per heavy atom. The third-order valence-corrected chi connectivity index (χ3v) is 4.91. The molecule has 7 heteroatoms. The molecule has 0 saturated carbocycles. The molecule has 0 aromatic heterocycles. The van der Waals surface area contributed by atoms with E-state index < -0.39 is 20.0 Å². The van der Waals surface area contributed by atoms with E-state index in [4.69, 9.17) is 0 Å². The molecular weight excluding hydrogens is 217 g/mol. The third-order valence-electron chi connectivity index (χ3n) is 1.94. The van der Waals surface area contributed by atoms with E-state index in [-0.39, 0.29) is 0 Å². The van der Waals surface area contributed by atoms with Crippen molar-refractivity contribution < 1.29 is 26.4 Å². The summed E-state index contributed by atoms with van der Waals surface area (Å²) in [5.74, 6) is 0. The third kappa shape index (κ3) is 1.95. The first-order valence-corrected chi connectivity index (χ1v) is 5.63. The van der Waals surface area contributed by atoms with Gasteiger partial charge in [0.15, 0.2) is 5.67 Å². The lowest BCUT2D eigenvalue weighted by Gasteiger charge is -2.36. The van der Waals surface area contributed by atoms with Gasteiger partial charge in [0.2, 0.25) is 0 Å². The Bertz CT molecular complexity index is 181. The summed E-state index contributed by atoms with van der Waals surface area (Å²) in [5, 5.41) is 0. The van der Waals surface area contributed by atoms with E-state index in [9.17, 15) is 13.2 Å². The minimum Gasteiger partial charge on any atom is -0.373 e. The van der Waals surface area contributed by atoms with Crippen molar-refractivity contribution in [2.45, 2.75) is 25.1 Å². The Hall–Kier alpha value is -0.113. The van der Waals surface area contributed by atoms with Gasteiger partial charge in [0, 0.05) is 21.3 Å². The molecule has 0 amide bonds. The lowest BCUT2D eigenvalue weighted by Crippen LogP contribution is -2.66. The van der Waals surface area contributed by atoms with Crippen LogP contribution in [-0.2, 0) is 13.3 Å². The molecule has 0 unspecified atom stereocenters. The zero-order valence-corrected chi connectivity index (χ0v) is 9.86. The molecule has 0 aromatic rings. The van der Waals surface area contributed by atoms with Crippen LogP contribution < -0.4 is 0 Å². The van der Waals surface area contributed by atoms with Crippen LogP contribution in [0.25, 0.3) is 0 Å². The number of halogens is 3. The van der Waals surface area contributed by atoms with Crippen molar-refractivity contribution in [1.29, 1.82) is 0 Å². The van der Waals surface area contributed by atoms with Crippen molar-refractivity contribution in [3.8, 4) is 0 Å². The fraction of sp³-hybridized carbons (Fsp3) is 1.00. The first-order chi connectivity index (χ1) is 6.18. The molecule has 0 N–H and O–H groups in total. The molecule has 0 aliphatic rings. The van der Waals surface area contributed by atoms with Gasteiger partial charge in [-0.3, -0.25) is 0 Å². The van der Waals surface area contributed by atoms with Crippen molar-refractivity contribution >= 4 is 8.80 Å². The summed E-state index contributed by atoms with van der Waals surface area (Å²) in [6.07, 6.45) is 0. The molecule has 0 saturated heterocycles. The summed E-state index contributed by atoms with van der Waals surface area (Å²) in [5.41, 5.74) is -6.56. The minimum absolute atomic E-state index is 0.756. The summed E-state index contributed by atoms with van der Waals surface area (Å²) in [7, 11) is -1.25. The van der Waals surface area contributed by atoms with Crippen LogP contribution in [0.1, 0.15) is 13.8 Å². The molecule has 0 aromatic carbocycles. The van der Waals surface area contributed by atoms with E-state index in [2.05, 4.69) is 13.3 Å². The molecule has 0 fully saturated rings. The second-order valence-electron chi connectivity index (χ2n) is 3.22. The van der Waals surface area contributed by atoms with Gasteiger partial charge in [-0.15, -0.1) is 0 Å². The maximum Gasteiger partial charge on any atom is 0.577 e. The lowest BCUT2D eigenvalue weighted by molar-refractivity contribution is -0.115.